The molecule has 1 rings (SSSR count). The summed E-state index contributed by atoms with van der Waals surface area (Å²) in [6, 6.07) is 6.47. The van der Waals surface area contributed by atoms with Crippen molar-refractivity contribution >= 4 is 15.9 Å². The van der Waals surface area contributed by atoms with Crippen molar-refractivity contribution in [3.05, 3.63) is 27.7 Å². The molecule has 0 spiro atoms. The Balaban J connectivity index is 3.48. The highest BCUT2D eigenvalue weighted by Crippen LogP contribution is 2.25. The molecule has 0 aliphatic carbocycles. The highest BCUT2D eigenvalue weighted by molar-refractivity contribution is 9.10. The van der Waals surface area contributed by atoms with Crippen LogP contribution >= 0.6 is 15.9 Å². The lowest BCUT2D eigenvalue weighted by Crippen LogP contribution is -1.82. The van der Waals surface area contributed by atoms with Crippen molar-refractivity contribution in [2.45, 2.75) is 0 Å². The van der Waals surface area contributed by atoms with Crippen LogP contribution in [0.4, 0.5) is 0 Å². The summed E-state index contributed by atoms with van der Waals surface area (Å²) in [7, 11) is 0. The third-order valence-corrected chi connectivity index (χ3v) is 1.77. The third kappa shape index (κ3) is 1.39. The van der Waals surface area contributed by atoms with Gasteiger partial charge in [-0.1, -0.05) is 15.9 Å². The lowest BCUT2D eigenvalue weighted by Gasteiger charge is -1.98. The molecule has 0 radical (unpaired) electrons. The number of hydrogen-bond donors (Lipinski definition) is 1. The number of phenolic OH excluding ortho intramolecular Hbond substituents is 1. The van der Waals surface area contributed by atoms with E-state index in [0.29, 0.717) is 4.47 Å². The maximum atomic E-state index is 9.25. The average Bonchev–Trinajstić information content (AvgIpc) is 2.08. The first-order valence-electron chi connectivity index (χ1n) is 3.01. The second-order valence-corrected chi connectivity index (χ2v) is 2.99. The summed E-state index contributed by atoms with van der Waals surface area (Å²) < 4.78 is 0.605. The molecule has 0 saturated carbocycles. The van der Waals surface area contributed by atoms with Gasteiger partial charge < -0.3 is 5.11 Å². The Morgan fingerprint density at radius 2 is 1.58 bits per heavy atom. The molecule has 0 aliphatic rings. The second kappa shape index (κ2) is 3.25. The van der Waals surface area contributed by atoms with Gasteiger partial charge in [0.05, 0.1) is 11.1 Å². The lowest BCUT2D eigenvalue weighted by molar-refractivity contribution is 0.471. The quantitative estimate of drug-likeness (QED) is 0.730. The molecule has 0 amide bonds. The van der Waals surface area contributed by atoms with E-state index in [4.69, 9.17) is 10.5 Å². The molecule has 3 nitrogen and oxygen atoms in total. The van der Waals surface area contributed by atoms with Crippen LogP contribution in [0.3, 0.4) is 0 Å². The van der Waals surface area contributed by atoms with E-state index in [9.17, 15) is 5.11 Å². The van der Waals surface area contributed by atoms with Crippen LogP contribution < -0.4 is 0 Å². The number of halogens is 1. The molecule has 0 atom stereocenters. The molecule has 1 N–H and O–H groups in total. The van der Waals surface area contributed by atoms with Crippen LogP contribution in [0.1, 0.15) is 11.1 Å². The molecular formula is C8H3BrN2O. The molecule has 0 aromatic heterocycles. The van der Waals surface area contributed by atoms with Crippen molar-refractivity contribution < 1.29 is 5.11 Å². The van der Waals surface area contributed by atoms with Gasteiger partial charge in [-0.2, -0.15) is 10.5 Å². The summed E-state index contributed by atoms with van der Waals surface area (Å²) in [6.45, 7) is 0. The minimum Gasteiger partial charge on any atom is -0.505 e. The minimum atomic E-state index is -0.261. The van der Waals surface area contributed by atoms with Crippen LogP contribution in [0.2, 0.25) is 0 Å². The molecule has 1 aromatic rings. The lowest BCUT2D eigenvalue weighted by atomic mass is 10.1. The highest BCUT2D eigenvalue weighted by Gasteiger charge is 2.07. The largest absolute Gasteiger partial charge is 0.505 e. The van der Waals surface area contributed by atoms with Crippen LogP contribution in [-0.2, 0) is 0 Å². The van der Waals surface area contributed by atoms with E-state index < -0.39 is 0 Å². The molecule has 0 bridgehead atoms. The van der Waals surface area contributed by atoms with Crippen LogP contribution in [0.15, 0.2) is 16.6 Å². The van der Waals surface area contributed by atoms with Gasteiger partial charge in [-0.15, -0.1) is 0 Å². The molecule has 0 heterocycles. The van der Waals surface area contributed by atoms with Gasteiger partial charge in [0.25, 0.3) is 0 Å². The molecule has 0 unspecified atom stereocenters. The van der Waals surface area contributed by atoms with Gasteiger partial charge in [-0.25, -0.2) is 0 Å². The molecule has 0 saturated heterocycles. The highest BCUT2D eigenvalue weighted by atomic mass is 79.9. The van der Waals surface area contributed by atoms with Gasteiger partial charge >= 0.3 is 0 Å². The first kappa shape index (κ1) is 8.58. The standard InChI is InChI=1S/C8H3BrN2O/c9-7-1-5(3-10)8(12)6(2-7)4-11/h1-2,12H. The van der Waals surface area contributed by atoms with Crippen molar-refractivity contribution in [1.82, 2.24) is 0 Å². The molecule has 0 aliphatic heterocycles. The summed E-state index contributed by atoms with van der Waals surface area (Å²) in [4.78, 5) is 0. The van der Waals surface area contributed by atoms with Gasteiger partial charge in [-0.3, -0.25) is 0 Å². The van der Waals surface area contributed by atoms with Crippen molar-refractivity contribution in [3.63, 3.8) is 0 Å². The molecule has 0 fully saturated rings. The number of phenols is 1. The Kier molecular flexibility index (Phi) is 2.32. The number of rotatable bonds is 0. The molecule has 1 aromatic carbocycles. The topological polar surface area (TPSA) is 67.8 Å². The van der Waals surface area contributed by atoms with Gasteiger partial charge in [-0.05, 0) is 12.1 Å². The SMILES string of the molecule is N#Cc1cc(Br)cc(C#N)c1O. The normalized spacial score (nSPS) is 8.58. The van der Waals surface area contributed by atoms with Crippen LogP contribution in [-0.4, -0.2) is 5.11 Å². The summed E-state index contributed by atoms with van der Waals surface area (Å²) >= 11 is 3.12. The predicted molar refractivity (Wildman–Crippen MR) is 45.2 cm³/mol. The van der Waals surface area contributed by atoms with Crippen molar-refractivity contribution in [3.8, 4) is 17.9 Å². The second-order valence-electron chi connectivity index (χ2n) is 2.07. The van der Waals surface area contributed by atoms with Crippen molar-refractivity contribution in [2.75, 3.05) is 0 Å². The minimum absolute atomic E-state index is 0.0981. The van der Waals surface area contributed by atoms with E-state index in [0.717, 1.165) is 0 Å². The maximum Gasteiger partial charge on any atom is 0.151 e. The van der Waals surface area contributed by atoms with E-state index in [1.807, 2.05) is 0 Å². The number of hydrogen-bond acceptors (Lipinski definition) is 3. The van der Waals surface area contributed by atoms with Gasteiger partial charge in [0.15, 0.2) is 5.75 Å². The summed E-state index contributed by atoms with van der Waals surface area (Å²) in [5.74, 6) is -0.261. The summed E-state index contributed by atoms with van der Waals surface area (Å²) in [6.07, 6.45) is 0. The number of nitrogens with zero attached hydrogens (tertiary/aromatic N) is 2. The zero-order valence-corrected chi connectivity index (χ0v) is 7.46. The first-order chi connectivity index (χ1) is 5.69. The Morgan fingerprint density at radius 1 is 1.17 bits per heavy atom. The van der Waals surface area contributed by atoms with Crippen molar-refractivity contribution in [2.24, 2.45) is 0 Å². The van der Waals surface area contributed by atoms with E-state index in [1.165, 1.54) is 12.1 Å². The van der Waals surface area contributed by atoms with Gasteiger partial charge in [0.1, 0.15) is 12.1 Å². The molecule has 4 heteroatoms. The average molecular weight is 223 g/mol. The zero-order valence-electron chi connectivity index (χ0n) is 5.87. The fourth-order valence-electron chi connectivity index (χ4n) is 0.770. The predicted octanol–water partition coefficient (Wildman–Crippen LogP) is 1.90. The Hall–Kier alpha value is -1.52. The van der Waals surface area contributed by atoms with Crippen LogP contribution in [0.25, 0.3) is 0 Å². The van der Waals surface area contributed by atoms with Crippen LogP contribution in [0.5, 0.6) is 5.75 Å². The van der Waals surface area contributed by atoms with Gasteiger partial charge in [0.2, 0.25) is 0 Å². The Bertz CT molecular complexity index is 365. The smallest absolute Gasteiger partial charge is 0.151 e. The van der Waals surface area contributed by atoms with Gasteiger partial charge in [0, 0.05) is 4.47 Å². The summed E-state index contributed by atoms with van der Waals surface area (Å²) in [5, 5.41) is 26.3. The third-order valence-electron chi connectivity index (χ3n) is 1.32. The van der Waals surface area contributed by atoms with E-state index >= 15 is 0 Å². The molecule has 58 valence electrons. The fraction of sp³-hybridized carbons (Fsp3) is 0. The Labute approximate surface area is 77.6 Å². The van der Waals surface area contributed by atoms with E-state index in [2.05, 4.69) is 15.9 Å². The van der Waals surface area contributed by atoms with Crippen LogP contribution in [0, 0.1) is 22.7 Å². The number of benzene rings is 1. The Morgan fingerprint density at radius 3 is 1.92 bits per heavy atom. The first-order valence-corrected chi connectivity index (χ1v) is 3.81. The van der Waals surface area contributed by atoms with Crippen molar-refractivity contribution in [1.29, 1.82) is 10.5 Å². The monoisotopic (exact) mass is 222 g/mol. The number of aromatic hydroxyl groups is 1. The number of nitriles is 2. The fourth-order valence-corrected chi connectivity index (χ4v) is 1.23. The zero-order chi connectivity index (χ0) is 9.14. The van der Waals surface area contributed by atoms with E-state index in [1.54, 1.807) is 12.1 Å². The molecule has 12 heavy (non-hydrogen) atoms. The maximum absolute atomic E-state index is 9.25. The summed E-state index contributed by atoms with van der Waals surface area (Å²) in [5.41, 5.74) is 0.196. The van der Waals surface area contributed by atoms with E-state index in [-0.39, 0.29) is 16.9 Å². The molecular weight excluding hydrogens is 220 g/mol.